The molecule has 0 saturated carbocycles. The molecule has 1 aromatic carbocycles. The summed E-state index contributed by atoms with van der Waals surface area (Å²) in [7, 11) is 1.65. The number of fused-ring (bicyclic) bond motifs is 1. The van der Waals surface area contributed by atoms with E-state index in [0.717, 1.165) is 11.3 Å². The molecule has 9 nitrogen and oxygen atoms in total. The number of hydrogen-bond acceptors (Lipinski definition) is 6. The molecule has 0 radical (unpaired) electrons. The first-order valence-electron chi connectivity index (χ1n) is 9.99. The highest BCUT2D eigenvalue weighted by molar-refractivity contribution is 6.07. The second-order valence-electron chi connectivity index (χ2n) is 7.74. The van der Waals surface area contributed by atoms with Gasteiger partial charge in [-0.2, -0.15) is 5.10 Å². The summed E-state index contributed by atoms with van der Waals surface area (Å²) in [6, 6.07) is 9.14. The highest BCUT2D eigenvalue weighted by atomic mass is 16.5. The summed E-state index contributed by atoms with van der Waals surface area (Å²) < 4.78 is 12.7. The van der Waals surface area contributed by atoms with E-state index in [-0.39, 0.29) is 18.7 Å². The van der Waals surface area contributed by atoms with Crippen molar-refractivity contribution in [2.24, 2.45) is 7.05 Å². The minimum atomic E-state index is -1.47. The predicted octanol–water partition coefficient (Wildman–Crippen LogP) is 2.22. The van der Waals surface area contributed by atoms with Crippen LogP contribution in [0.3, 0.4) is 0 Å². The predicted molar refractivity (Wildman–Crippen MR) is 112 cm³/mol. The first-order valence-corrected chi connectivity index (χ1v) is 9.99. The molecule has 2 aromatic heterocycles. The second-order valence-corrected chi connectivity index (χ2v) is 7.74. The molecule has 9 heteroatoms. The van der Waals surface area contributed by atoms with Crippen molar-refractivity contribution in [2.75, 3.05) is 6.61 Å². The minimum Gasteiger partial charge on any atom is -0.489 e. The van der Waals surface area contributed by atoms with E-state index in [1.165, 1.54) is 4.68 Å². The Morgan fingerprint density at radius 2 is 2.16 bits per heavy atom. The molecule has 3 heterocycles. The fourth-order valence-corrected chi connectivity index (χ4v) is 3.79. The molecule has 1 aliphatic rings. The van der Waals surface area contributed by atoms with Gasteiger partial charge in [-0.05, 0) is 38.1 Å². The van der Waals surface area contributed by atoms with E-state index in [9.17, 15) is 14.7 Å². The number of ether oxygens (including phenoxy) is 2. The standard InChI is InChI=1S/C22H24N4O5/c1-13-4-5-15(11-23-13)12-31-16-6-7-18-17(10-16)19(26(3)25-18)20(27)24-22(21(28)29)8-9-30-14(22)2/h4-7,10-11,14H,8-9,12H2,1-3H3,(H,24,27)(H,28,29). The highest BCUT2D eigenvalue weighted by Crippen LogP contribution is 2.29. The van der Waals surface area contributed by atoms with Crippen molar-refractivity contribution in [3.05, 3.63) is 53.5 Å². The molecule has 2 unspecified atom stereocenters. The number of nitrogens with one attached hydrogen (secondary N) is 1. The molecule has 0 spiro atoms. The minimum absolute atomic E-state index is 0.198. The van der Waals surface area contributed by atoms with Crippen molar-refractivity contribution >= 4 is 22.8 Å². The Labute approximate surface area is 179 Å². The SMILES string of the molecule is Cc1ccc(COc2ccc3nn(C)c(C(=O)NC4(C(=O)O)CCOC4C)c3c2)cn1. The van der Waals surface area contributed by atoms with E-state index in [1.54, 1.807) is 38.4 Å². The van der Waals surface area contributed by atoms with Crippen LogP contribution in [-0.2, 0) is 23.2 Å². The van der Waals surface area contributed by atoms with Crippen molar-refractivity contribution in [2.45, 2.75) is 38.5 Å². The number of aliphatic carboxylic acids is 1. The smallest absolute Gasteiger partial charge is 0.332 e. The van der Waals surface area contributed by atoms with Crippen molar-refractivity contribution in [3.63, 3.8) is 0 Å². The van der Waals surface area contributed by atoms with Gasteiger partial charge < -0.3 is 19.9 Å². The Bertz CT molecular complexity index is 1140. The molecular weight excluding hydrogens is 400 g/mol. The number of benzene rings is 1. The van der Waals surface area contributed by atoms with Gasteiger partial charge in [-0.1, -0.05) is 6.07 Å². The molecular formula is C22H24N4O5. The first kappa shape index (κ1) is 20.8. The largest absolute Gasteiger partial charge is 0.489 e. The summed E-state index contributed by atoms with van der Waals surface area (Å²) in [4.78, 5) is 29.3. The zero-order chi connectivity index (χ0) is 22.2. The third kappa shape index (κ3) is 3.84. The van der Waals surface area contributed by atoms with Crippen LogP contribution < -0.4 is 10.1 Å². The van der Waals surface area contributed by atoms with Gasteiger partial charge in [0.25, 0.3) is 5.91 Å². The fourth-order valence-electron chi connectivity index (χ4n) is 3.79. The molecule has 0 aliphatic carbocycles. The number of carboxylic acids is 1. The van der Waals surface area contributed by atoms with Crippen molar-refractivity contribution in [1.82, 2.24) is 20.1 Å². The maximum absolute atomic E-state index is 13.1. The van der Waals surface area contributed by atoms with Crippen LogP contribution in [0.5, 0.6) is 5.75 Å². The first-order chi connectivity index (χ1) is 14.8. The summed E-state index contributed by atoms with van der Waals surface area (Å²) in [6.45, 7) is 4.17. The number of pyridine rings is 1. The molecule has 162 valence electrons. The molecule has 4 rings (SSSR count). The van der Waals surface area contributed by atoms with Crippen LogP contribution in [-0.4, -0.2) is 50.0 Å². The average Bonchev–Trinajstić information content (AvgIpc) is 3.26. The molecule has 3 aromatic rings. The Morgan fingerprint density at radius 1 is 1.35 bits per heavy atom. The molecule has 1 saturated heterocycles. The Hall–Kier alpha value is -3.46. The van der Waals surface area contributed by atoms with Crippen LogP contribution in [0.2, 0.25) is 0 Å². The normalized spacial score (nSPS) is 20.7. The van der Waals surface area contributed by atoms with Crippen molar-refractivity contribution < 1.29 is 24.2 Å². The zero-order valence-corrected chi connectivity index (χ0v) is 17.6. The van der Waals surface area contributed by atoms with E-state index in [4.69, 9.17) is 9.47 Å². The molecule has 1 aliphatic heterocycles. The maximum atomic E-state index is 13.1. The molecule has 31 heavy (non-hydrogen) atoms. The van der Waals surface area contributed by atoms with Crippen LogP contribution in [0.4, 0.5) is 0 Å². The van der Waals surface area contributed by atoms with E-state index < -0.39 is 23.5 Å². The fraction of sp³-hybridized carbons (Fsp3) is 0.364. The van der Waals surface area contributed by atoms with Gasteiger partial charge in [-0.25, -0.2) is 4.79 Å². The van der Waals surface area contributed by atoms with Gasteiger partial charge in [0.1, 0.15) is 18.1 Å². The number of hydrogen-bond donors (Lipinski definition) is 2. The summed E-state index contributed by atoms with van der Waals surface area (Å²) in [5, 5.41) is 17.4. The lowest BCUT2D eigenvalue weighted by atomic mass is 9.91. The van der Waals surface area contributed by atoms with Gasteiger partial charge in [-0.15, -0.1) is 0 Å². The summed E-state index contributed by atoms with van der Waals surface area (Å²) in [6.07, 6.45) is 1.31. The summed E-state index contributed by atoms with van der Waals surface area (Å²) in [5.74, 6) is -1.07. The van der Waals surface area contributed by atoms with Gasteiger partial charge >= 0.3 is 5.97 Å². The van der Waals surface area contributed by atoms with E-state index in [0.29, 0.717) is 23.3 Å². The van der Waals surface area contributed by atoms with Gasteiger partial charge in [0.05, 0.1) is 11.6 Å². The zero-order valence-electron chi connectivity index (χ0n) is 17.6. The second kappa shape index (κ2) is 7.99. The molecule has 2 atom stereocenters. The van der Waals surface area contributed by atoms with E-state index in [1.807, 2.05) is 19.1 Å². The van der Waals surface area contributed by atoms with Crippen LogP contribution in [0.25, 0.3) is 10.9 Å². The van der Waals surface area contributed by atoms with Crippen molar-refractivity contribution in [1.29, 1.82) is 0 Å². The number of carboxylic acid groups (broad SMARTS) is 1. The van der Waals surface area contributed by atoms with Crippen molar-refractivity contribution in [3.8, 4) is 5.75 Å². The number of aromatic nitrogens is 3. The number of aryl methyl sites for hydroxylation is 2. The Balaban J connectivity index is 1.60. The third-order valence-electron chi connectivity index (χ3n) is 5.67. The molecule has 1 fully saturated rings. The lowest BCUT2D eigenvalue weighted by Gasteiger charge is -2.28. The van der Waals surface area contributed by atoms with E-state index in [2.05, 4.69) is 15.4 Å². The number of carbonyl (C=O) groups excluding carboxylic acids is 1. The molecule has 0 bridgehead atoms. The van der Waals surface area contributed by atoms with Gasteiger partial charge in [0.2, 0.25) is 0 Å². The topological polar surface area (TPSA) is 116 Å². The lowest BCUT2D eigenvalue weighted by molar-refractivity contribution is -0.146. The third-order valence-corrected chi connectivity index (χ3v) is 5.67. The van der Waals surface area contributed by atoms with Crippen LogP contribution in [0.1, 0.15) is 35.1 Å². The molecule has 1 amide bonds. The Morgan fingerprint density at radius 3 is 2.81 bits per heavy atom. The highest BCUT2D eigenvalue weighted by Gasteiger charge is 2.50. The average molecular weight is 424 g/mol. The van der Waals surface area contributed by atoms with Crippen LogP contribution >= 0.6 is 0 Å². The van der Waals surface area contributed by atoms with Gasteiger partial charge in [-0.3, -0.25) is 14.5 Å². The van der Waals surface area contributed by atoms with Crippen LogP contribution in [0, 0.1) is 6.92 Å². The quantitative estimate of drug-likeness (QED) is 0.623. The lowest BCUT2D eigenvalue weighted by Crippen LogP contribution is -2.59. The van der Waals surface area contributed by atoms with Gasteiger partial charge in [0.15, 0.2) is 5.54 Å². The number of carbonyl (C=O) groups is 2. The number of nitrogens with zero attached hydrogens (tertiary/aromatic N) is 3. The Kier molecular flexibility index (Phi) is 5.36. The number of amides is 1. The monoisotopic (exact) mass is 424 g/mol. The van der Waals surface area contributed by atoms with E-state index >= 15 is 0 Å². The number of rotatable bonds is 6. The van der Waals surface area contributed by atoms with Crippen LogP contribution in [0.15, 0.2) is 36.5 Å². The van der Waals surface area contributed by atoms with Gasteiger partial charge in [0, 0.05) is 42.9 Å². The molecule has 2 N–H and O–H groups in total. The maximum Gasteiger partial charge on any atom is 0.332 e. The summed E-state index contributed by atoms with van der Waals surface area (Å²) in [5.41, 5.74) is 1.25. The summed E-state index contributed by atoms with van der Waals surface area (Å²) >= 11 is 0.